The maximum atomic E-state index is 6.04. The Balaban J connectivity index is 2.09. The minimum Gasteiger partial charge on any atom is -0.355 e. The zero-order valence-electron chi connectivity index (χ0n) is 9.60. The smallest absolute Gasteiger partial charge is 0.0723 e. The average molecular weight is 255 g/mol. The van der Waals surface area contributed by atoms with Crippen molar-refractivity contribution in [3.8, 4) is 0 Å². The molecule has 3 rings (SSSR count). The quantitative estimate of drug-likeness (QED) is 0.721. The molecule has 1 heterocycles. The Morgan fingerprint density at radius 3 is 2.61 bits per heavy atom. The Kier molecular flexibility index (Phi) is 2.87. The summed E-state index contributed by atoms with van der Waals surface area (Å²) in [6.45, 7) is 0. The lowest BCUT2D eigenvalue weighted by molar-refractivity contribution is 1.40. The molecule has 0 spiro atoms. The standard InChI is InChI=1S/C15H11ClN2/c16-11-6-7-14-13(10-11)15(8-9-17-14)18-12-4-2-1-3-5-12/h1-10H,(H,17,18). The summed E-state index contributed by atoms with van der Waals surface area (Å²) in [5.41, 5.74) is 2.99. The fraction of sp³-hybridized carbons (Fsp3) is 0. The number of nitrogens with zero attached hydrogens (tertiary/aromatic N) is 1. The summed E-state index contributed by atoms with van der Waals surface area (Å²) in [7, 11) is 0. The third-order valence-electron chi connectivity index (χ3n) is 2.76. The van der Waals surface area contributed by atoms with Crippen molar-refractivity contribution in [1.29, 1.82) is 0 Å². The van der Waals surface area contributed by atoms with E-state index < -0.39 is 0 Å². The van der Waals surface area contributed by atoms with Crippen molar-refractivity contribution in [3.05, 3.63) is 65.8 Å². The van der Waals surface area contributed by atoms with Gasteiger partial charge in [0, 0.05) is 28.0 Å². The van der Waals surface area contributed by atoms with E-state index >= 15 is 0 Å². The summed E-state index contributed by atoms with van der Waals surface area (Å²) >= 11 is 6.04. The Labute approximate surface area is 110 Å². The van der Waals surface area contributed by atoms with Crippen molar-refractivity contribution in [2.75, 3.05) is 5.32 Å². The predicted octanol–water partition coefficient (Wildman–Crippen LogP) is 4.63. The SMILES string of the molecule is Clc1ccc2nccc(Nc3ccccc3)c2c1. The van der Waals surface area contributed by atoms with Crippen LogP contribution in [0.4, 0.5) is 11.4 Å². The first kappa shape index (κ1) is 11.1. The second-order valence-corrected chi connectivity index (χ2v) is 4.45. The van der Waals surface area contributed by atoms with Gasteiger partial charge in [-0.1, -0.05) is 29.8 Å². The average Bonchev–Trinajstić information content (AvgIpc) is 2.41. The topological polar surface area (TPSA) is 24.9 Å². The molecule has 0 amide bonds. The summed E-state index contributed by atoms with van der Waals surface area (Å²) < 4.78 is 0. The van der Waals surface area contributed by atoms with Gasteiger partial charge < -0.3 is 5.32 Å². The number of hydrogen-bond acceptors (Lipinski definition) is 2. The highest BCUT2D eigenvalue weighted by atomic mass is 35.5. The van der Waals surface area contributed by atoms with Crippen molar-refractivity contribution in [2.45, 2.75) is 0 Å². The molecule has 3 heteroatoms. The first-order valence-electron chi connectivity index (χ1n) is 5.69. The largest absolute Gasteiger partial charge is 0.355 e. The maximum absolute atomic E-state index is 6.04. The molecule has 18 heavy (non-hydrogen) atoms. The van der Waals surface area contributed by atoms with Crippen LogP contribution in [0.3, 0.4) is 0 Å². The molecule has 2 aromatic carbocycles. The van der Waals surface area contributed by atoms with E-state index in [1.165, 1.54) is 0 Å². The molecule has 2 nitrogen and oxygen atoms in total. The van der Waals surface area contributed by atoms with Gasteiger partial charge in [-0.2, -0.15) is 0 Å². The molecule has 88 valence electrons. The normalized spacial score (nSPS) is 10.5. The van der Waals surface area contributed by atoms with Crippen molar-refractivity contribution < 1.29 is 0 Å². The molecule has 0 atom stereocenters. The number of benzene rings is 2. The van der Waals surface area contributed by atoms with Crippen LogP contribution in [0, 0.1) is 0 Å². The number of pyridine rings is 1. The van der Waals surface area contributed by atoms with Crippen molar-refractivity contribution >= 4 is 33.9 Å². The number of fused-ring (bicyclic) bond motifs is 1. The molecule has 0 aliphatic rings. The molecule has 0 aliphatic heterocycles. The Bertz CT molecular complexity index is 680. The van der Waals surface area contributed by atoms with Crippen LogP contribution in [0.5, 0.6) is 0 Å². The van der Waals surface area contributed by atoms with Crippen LogP contribution >= 0.6 is 11.6 Å². The van der Waals surface area contributed by atoms with E-state index in [0.29, 0.717) is 5.02 Å². The van der Waals surface area contributed by atoms with E-state index in [1.54, 1.807) is 6.20 Å². The van der Waals surface area contributed by atoms with E-state index in [4.69, 9.17) is 11.6 Å². The van der Waals surface area contributed by atoms with Gasteiger partial charge in [-0.25, -0.2) is 0 Å². The van der Waals surface area contributed by atoms with Crippen LogP contribution in [-0.4, -0.2) is 4.98 Å². The number of nitrogens with one attached hydrogen (secondary N) is 1. The van der Waals surface area contributed by atoms with Gasteiger partial charge in [-0.05, 0) is 36.4 Å². The first-order chi connectivity index (χ1) is 8.83. The van der Waals surface area contributed by atoms with Gasteiger partial charge in [0.15, 0.2) is 0 Å². The Morgan fingerprint density at radius 2 is 1.78 bits per heavy atom. The van der Waals surface area contributed by atoms with Crippen LogP contribution in [0.1, 0.15) is 0 Å². The zero-order chi connectivity index (χ0) is 12.4. The van der Waals surface area contributed by atoms with Gasteiger partial charge >= 0.3 is 0 Å². The molecular formula is C15H11ClN2. The van der Waals surface area contributed by atoms with E-state index in [-0.39, 0.29) is 0 Å². The fourth-order valence-electron chi connectivity index (χ4n) is 1.90. The molecule has 1 aromatic heterocycles. The van der Waals surface area contributed by atoms with Gasteiger partial charge in [0.2, 0.25) is 0 Å². The molecule has 0 unspecified atom stereocenters. The van der Waals surface area contributed by atoms with E-state index in [0.717, 1.165) is 22.3 Å². The predicted molar refractivity (Wildman–Crippen MR) is 76.5 cm³/mol. The highest BCUT2D eigenvalue weighted by Crippen LogP contribution is 2.27. The number of anilines is 2. The number of aromatic nitrogens is 1. The summed E-state index contributed by atoms with van der Waals surface area (Å²) in [4.78, 5) is 4.33. The molecular weight excluding hydrogens is 244 g/mol. The van der Waals surface area contributed by atoms with Crippen molar-refractivity contribution in [3.63, 3.8) is 0 Å². The molecule has 0 bridgehead atoms. The number of rotatable bonds is 2. The summed E-state index contributed by atoms with van der Waals surface area (Å²) in [6, 6.07) is 17.7. The van der Waals surface area contributed by atoms with Crippen molar-refractivity contribution in [1.82, 2.24) is 4.98 Å². The van der Waals surface area contributed by atoms with Crippen LogP contribution in [-0.2, 0) is 0 Å². The van der Waals surface area contributed by atoms with Gasteiger partial charge in [-0.15, -0.1) is 0 Å². The minimum atomic E-state index is 0.714. The summed E-state index contributed by atoms with van der Waals surface area (Å²) in [6.07, 6.45) is 1.79. The second kappa shape index (κ2) is 4.67. The molecule has 0 radical (unpaired) electrons. The van der Waals surface area contributed by atoms with E-state index in [2.05, 4.69) is 10.3 Å². The molecule has 0 saturated heterocycles. The molecule has 0 saturated carbocycles. The molecule has 0 aliphatic carbocycles. The zero-order valence-corrected chi connectivity index (χ0v) is 10.4. The van der Waals surface area contributed by atoms with Crippen molar-refractivity contribution in [2.24, 2.45) is 0 Å². The lowest BCUT2D eigenvalue weighted by atomic mass is 10.2. The third kappa shape index (κ3) is 2.15. The highest BCUT2D eigenvalue weighted by Gasteiger charge is 2.02. The molecule has 0 fully saturated rings. The van der Waals surface area contributed by atoms with Crippen LogP contribution in [0.25, 0.3) is 10.9 Å². The Morgan fingerprint density at radius 1 is 0.944 bits per heavy atom. The highest BCUT2D eigenvalue weighted by molar-refractivity contribution is 6.31. The van der Waals surface area contributed by atoms with Crippen LogP contribution in [0.15, 0.2) is 60.8 Å². The number of para-hydroxylation sites is 1. The van der Waals surface area contributed by atoms with Gasteiger partial charge in [0.25, 0.3) is 0 Å². The lowest BCUT2D eigenvalue weighted by Gasteiger charge is -2.09. The monoisotopic (exact) mass is 254 g/mol. The minimum absolute atomic E-state index is 0.714. The van der Waals surface area contributed by atoms with Gasteiger partial charge in [-0.3, -0.25) is 4.98 Å². The first-order valence-corrected chi connectivity index (χ1v) is 6.07. The van der Waals surface area contributed by atoms with E-state index in [9.17, 15) is 0 Å². The third-order valence-corrected chi connectivity index (χ3v) is 2.99. The maximum Gasteiger partial charge on any atom is 0.0723 e. The van der Waals surface area contributed by atoms with Crippen LogP contribution in [0.2, 0.25) is 5.02 Å². The van der Waals surface area contributed by atoms with Gasteiger partial charge in [0.1, 0.15) is 0 Å². The fourth-order valence-corrected chi connectivity index (χ4v) is 2.08. The lowest BCUT2D eigenvalue weighted by Crippen LogP contribution is -1.92. The molecule has 3 aromatic rings. The van der Waals surface area contributed by atoms with Gasteiger partial charge in [0.05, 0.1) is 5.52 Å². The molecule has 1 N–H and O–H groups in total. The summed E-state index contributed by atoms with van der Waals surface area (Å²) in [5.74, 6) is 0. The van der Waals surface area contributed by atoms with Crippen LogP contribution < -0.4 is 5.32 Å². The second-order valence-electron chi connectivity index (χ2n) is 4.01. The van der Waals surface area contributed by atoms with E-state index in [1.807, 2.05) is 54.6 Å². The number of hydrogen-bond donors (Lipinski definition) is 1. The number of halogens is 1. The Hall–Kier alpha value is -2.06. The summed E-state index contributed by atoms with van der Waals surface area (Å²) in [5, 5.41) is 5.11.